The lowest BCUT2D eigenvalue weighted by molar-refractivity contribution is -0.142. The Morgan fingerprint density at radius 2 is 1.59 bits per heavy atom. The number of carbonyl (C=O) groups is 2. The smallest absolute Gasteiger partial charge is 0.328 e. The van der Waals surface area contributed by atoms with Crippen LogP contribution in [0.15, 0.2) is 72.8 Å². The molecule has 32 heavy (non-hydrogen) atoms. The zero-order valence-electron chi connectivity index (χ0n) is 18.3. The summed E-state index contributed by atoms with van der Waals surface area (Å²) in [6, 6.07) is 21.8. The van der Waals surface area contributed by atoms with Gasteiger partial charge in [-0.15, -0.1) is 0 Å². The molecule has 0 aliphatic rings. The summed E-state index contributed by atoms with van der Waals surface area (Å²) in [5.74, 6) is -0.433. The maximum atomic E-state index is 12.8. The van der Waals surface area contributed by atoms with Crippen molar-refractivity contribution < 1.29 is 19.1 Å². The Hall–Kier alpha value is -3.31. The van der Waals surface area contributed by atoms with Crippen LogP contribution in [0.5, 0.6) is 5.75 Å². The van der Waals surface area contributed by atoms with E-state index in [1.807, 2.05) is 68.4 Å². The van der Waals surface area contributed by atoms with Gasteiger partial charge in [0.2, 0.25) is 0 Å². The van der Waals surface area contributed by atoms with Gasteiger partial charge in [-0.25, -0.2) is 4.79 Å². The van der Waals surface area contributed by atoms with E-state index in [9.17, 15) is 9.59 Å². The molecule has 6 heteroatoms. The van der Waals surface area contributed by atoms with Crippen molar-refractivity contribution in [1.82, 2.24) is 5.32 Å². The van der Waals surface area contributed by atoms with Crippen molar-refractivity contribution in [1.29, 1.82) is 0 Å². The second-order valence-electron chi connectivity index (χ2n) is 7.63. The molecule has 3 rings (SSSR count). The fourth-order valence-electron chi connectivity index (χ4n) is 3.27. The summed E-state index contributed by atoms with van der Waals surface area (Å²) in [7, 11) is 1.30. The number of nitrogens with one attached hydrogen (secondary N) is 1. The third-order valence-corrected chi connectivity index (χ3v) is 5.14. The molecule has 0 aliphatic carbocycles. The molecule has 3 aromatic rings. The number of hydrogen-bond acceptors (Lipinski definition) is 4. The first-order valence-electron chi connectivity index (χ1n) is 10.4. The summed E-state index contributed by atoms with van der Waals surface area (Å²) >= 11 is 6.24. The highest BCUT2D eigenvalue weighted by Gasteiger charge is 2.23. The molecule has 0 spiro atoms. The highest BCUT2D eigenvalue weighted by Crippen LogP contribution is 2.26. The number of hydrogen-bond donors (Lipinski definition) is 1. The first-order chi connectivity index (χ1) is 15.4. The maximum Gasteiger partial charge on any atom is 0.328 e. The molecule has 1 unspecified atom stereocenters. The number of benzene rings is 3. The van der Waals surface area contributed by atoms with Crippen LogP contribution in [0.25, 0.3) is 11.1 Å². The fourth-order valence-corrected chi connectivity index (χ4v) is 3.49. The Bertz CT molecular complexity index is 1060. The van der Waals surface area contributed by atoms with Crippen molar-refractivity contribution in [2.45, 2.75) is 32.4 Å². The van der Waals surface area contributed by atoms with Crippen LogP contribution in [0.4, 0.5) is 0 Å². The van der Waals surface area contributed by atoms with Gasteiger partial charge in [-0.1, -0.05) is 66.2 Å². The van der Waals surface area contributed by atoms with Crippen molar-refractivity contribution in [2.24, 2.45) is 0 Å². The van der Waals surface area contributed by atoms with E-state index < -0.39 is 17.9 Å². The van der Waals surface area contributed by atoms with E-state index in [1.54, 1.807) is 12.1 Å². The summed E-state index contributed by atoms with van der Waals surface area (Å²) in [6.45, 7) is 3.79. The van der Waals surface area contributed by atoms with Gasteiger partial charge in [0.25, 0.3) is 5.91 Å². The molecular formula is C26H26ClNO4. The molecule has 0 heterocycles. The lowest BCUT2D eigenvalue weighted by atomic mass is 10.0. The minimum Gasteiger partial charge on any atom is -0.489 e. The van der Waals surface area contributed by atoms with Gasteiger partial charge in [0.05, 0.1) is 18.2 Å². The Morgan fingerprint density at radius 3 is 2.19 bits per heavy atom. The number of rotatable bonds is 8. The van der Waals surface area contributed by atoms with E-state index in [4.69, 9.17) is 21.1 Å². The van der Waals surface area contributed by atoms with Gasteiger partial charge in [-0.05, 0) is 48.7 Å². The third kappa shape index (κ3) is 6.11. The monoisotopic (exact) mass is 451 g/mol. The van der Waals surface area contributed by atoms with E-state index in [1.165, 1.54) is 13.2 Å². The summed E-state index contributed by atoms with van der Waals surface area (Å²) in [4.78, 5) is 25.1. The largest absolute Gasteiger partial charge is 0.489 e. The van der Waals surface area contributed by atoms with Crippen LogP contribution in [0.2, 0.25) is 5.02 Å². The minimum absolute atomic E-state index is 0.0378. The lowest BCUT2D eigenvalue weighted by Gasteiger charge is -2.17. The molecule has 1 N–H and O–H groups in total. The summed E-state index contributed by atoms with van der Waals surface area (Å²) in [5, 5.41) is 3.08. The number of halogens is 1. The molecule has 0 radical (unpaired) electrons. The Morgan fingerprint density at radius 1 is 0.938 bits per heavy atom. The Labute approximate surface area is 193 Å². The average Bonchev–Trinajstić information content (AvgIpc) is 2.80. The van der Waals surface area contributed by atoms with Crippen LogP contribution in [0, 0.1) is 0 Å². The summed E-state index contributed by atoms with van der Waals surface area (Å²) in [6.07, 6.45) is 0.264. The van der Waals surface area contributed by atoms with Crippen molar-refractivity contribution in [2.75, 3.05) is 7.11 Å². The zero-order chi connectivity index (χ0) is 23.1. The number of esters is 1. The van der Waals surface area contributed by atoms with E-state index in [0.717, 1.165) is 16.7 Å². The standard InChI is InChI=1S/C26H26ClNO4/c1-17(2)32-24-14-13-21(16-22(24)27)25(29)28-23(26(30)31-3)15-18-9-11-20(12-10-18)19-7-5-4-6-8-19/h4-14,16-17,23H,15H2,1-3H3,(H,28,29). The summed E-state index contributed by atoms with van der Waals surface area (Å²) in [5.41, 5.74) is 3.42. The molecule has 0 aliphatic heterocycles. The molecule has 1 amide bonds. The molecule has 0 saturated heterocycles. The quantitative estimate of drug-likeness (QED) is 0.471. The van der Waals surface area contributed by atoms with Gasteiger partial charge in [0.1, 0.15) is 11.8 Å². The van der Waals surface area contributed by atoms with Crippen molar-refractivity contribution >= 4 is 23.5 Å². The molecule has 1 atom stereocenters. The molecule has 0 bridgehead atoms. The first kappa shape index (κ1) is 23.4. The van der Waals surface area contributed by atoms with E-state index >= 15 is 0 Å². The van der Waals surface area contributed by atoms with Gasteiger partial charge < -0.3 is 14.8 Å². The number of amides is 1. The Kier molecular flexibility index (Phi) is 7.90. The Balaban J connectivity index is 1.72. The SMILES string of the molecule is COC(=O)C(Cc1ccc(-c2ccccc2)cc1)NC(=O)c1ccc(OC(C)C)c(Cl)c1. The van der Waals surface area contributed by atoms with Crippen LogP contribution in [-0.4, -0.2) is 31.1 Å². The van der Waals surface area contributed by atoms with Crippen LogP contribution in [0.1, 0.15) is 29.8 Å². The topological polar surface area (TPSA) is 64.6 Å². The van der Waals surface area contributed by atoms with Crippen LogP contribution in [-0.2, 0) is 16.0 Å². The lowest BCUT2D eigenvalue weighted by Crippen LogP contribution is -2.43. The fraction of sp³-hybridized carbons (Fsp3) is 0.231. The van der Waals surface area contributed by atoms with Crippen LogP contribution >= 0.6 is 11.6 Å². The maximum absolute atomic E-state index is 12.8. The van der Waals surface area contributed by atoms with Gasteiger partial charge in [0.15, 0.2) is 0 Å². The van der Waals surface area contributed by atoms with Gasteiger partial charge in [0, 0.05) is 12.0 Å². The molecular weight excluding hydrogens is 426 g/mol. The second-order valence-corrected chi connectivity index (χ2v) is 8.04. The van der Waals surface area contributed by atoms with Gasteiger partial charge in [-0.3, -0.25) is 4.79 Å². The molecule has 3 aromatic carbocycles. The minimum atomic E-state index is -0.833. The predicted octanol–water partition coefficient (Wildman–Crippen LogP) is 5.31. The molecule has 0 saturated carbocycles. The van der Waals surface area contributed by atoms with Gasteiger partial charge in [-0.2, -0.15) is 0 Å². The van der Waals surface area contributed by atoms with Crippen LogP contribution < -0.4 is 10.1 Å². The number of methoxy groups -OCH3 is 1. The molecule has 0 fully saturated rings. The van der Waals surface area contributed by atoms with Crippen LogP contribution in [0.3, 0.4) is 0 Å². The number of carbonyl (C=O) groups excluding carboxylic acids is 2. The predicted molar refractivity (Wildman–Crippen MR) is 126 cm³/mol. The van der Waals surface area contributed by atoms with Gasteiger partial charge >= 0.3 is 5.97 Å². The third-order valence-electron chi connectivity index (χ3n) is 4.85. The zero-order valence-corrected chi connectivity index (χ0v) is 19.1. The summed E-state index contributed by atoms with van der Waals surface area (Å²) < 4.78 is 10.5. The van der Waals surface area contributed by atoms with Crippen molar-refractivity contribution in [3.63, 3.8) is 0 Å². The molecule has 0 aromatic heterocycles. The molecule has 5 nitrogen and oxygen atoms in total. The van der Waals surface area contributed by atoms with E-state index in [2.05, 4.69) is 5.32 Å². The molecule has 166 valence electrons. The normalized spacial score (nSPS) is 11.7. The highest BCUT2D eigenvalue weighted by atomic mass is 35.5. The number of ether oxygens (including phenoxy) is 2. The van der Waals surface area contributed by atoms with Crippen molar-refractivity contribution in [3.8, 4) is 16.9 Å². The highest BCUT2D eigenvalue weighted by molar-refractivity contribution is 6.32. The van der Waals surface area contributed by atoms with Crippen molar-refractivity contribution in [3.05, 3.63) is 88.9 Å². The van der Waals surface area contributed by atoms with E-state index in [-0.39, 0.29) is 6.10 Å². The second kappa shape index (κ2) is 10.8. The average molecular weight is 452 g/mol. The first-order valence-corrected chi connectivity index (χ1v) is 10.7. The van der Waals surface area contributed by atoms with E-state index in [0.29, 0.717) is 22.8 Å².